The molecule has 7 nitrogen and oxygen atoms in total. The molecule has 0 spiro atoms. The van der Waals surface area contributed by atoms with Crippen molar-refractivity contribution in [2.45, 2.75) is 18.9 Å². The smallest absolute Gasteiger partial charge is 0.137 e. The number of hydrogen-bond acceptors (Lipinski definition) is 6. The van der Waals surface area contributed by atoms with E-state index in [2.05, 4.69) is 16.0 Å². The molecule has 2 aromatic heterocycles. The Kier molecular flexibility index (Phi) is 5.27. The number of allylic oxidation sites excluding steroid dienone is 1. The fourth-order valence-electron chi connectivity index (χ4n) is 3.49. The average Bonchev–Trinajstić information content (AvgIpc) is 3.19. The van der Waals surface area contributed by atoms with Gasteiger partial charge in [-0.05, 0) is 23.8 Å². The Balaban J connectivity index is 1.71. The van der Waals surface area contributed by atoms with E-state index in [4.69, 9.17) is 20.6 Å². The third-order valence-electron chi connectivity index (χ3n) is 5.07. The van der Waals surface area contributed by atoms with Crippen LogP contribution >= 0.6 is 0 Å². The monoisotopic (exact) mass is 387 g/mol. The number of hydrogen-bond donors (Lipinski definition) is 3. The average molecular weight is 387 g/mol. The van der Waals surface area contributed by atoms with E-state index in [1.54, 1.807) is 6.20 Å². The normalized spacial score (nSPS) is 15.2. The summed E-state index contributed by atoms with van der Waals surface area (Å²) in [4.78, 5) is 7.58. The molecule has 1 aliphatic rings. The number of nitrogens with zero attached hydrogens (tertiary/aromatic N) is 2. The van der Waals surface area contributed by atoms with Crippen LogP contribution in [-0.2, 0) is 4.74 Å². The first kappa shape index (κ1) is 18.7. The number of ether oxygens (including phenoxy) is 2. The fraction of sp³-hybridized carbons (Fsp3) is 0.227. The van der Waals surface area contributed by atoms with Gasteiger partial charge in [-0.3, -0.25) is 0 Å². The van der Waals surface area contributed by atoms with E-state index in [1.807, 2.05) is 30.5 Å². The van der Waals surface area contributed by atoms with Crippen molar-refractivity contribution in [1.29, 1.82) is 10.7 Å². The minimum Gasteiger partial charge on any atom is -0.489 e. The molecular formula is C22H21N5O2. The Morgan fingerprint density at radius 2 is 2.17 bits per heavy atom. The predicted octanol–water partition coefficient (Wildman–Crippen LogP) is 3.61. The van der Waals surface area contributed by atoms with Crippen LogP contribution in [-0.4, -0.2) is 35.5 Å². The molecule has 4 rings (SSSR count). The molecule has 4 N–H and O–H groups in total. The van der Waals surface area contributed by atoms with Crippen LogP contribution in [0.2, 0.25) is 0 Å². The zero-order valence-corrected chi connectivity index (χ0v) is 15.8. The third kappa shape index (κ3) is 3.71. The zero-order chi connectivity index (χ0) is 20.2. The molecule has 0 radical (unpaired) electrons. The van der Waals surface area contributed by atoms with Gasteiger partial charge in [-0.1, -0.05) is 6.07 Å². The minimum absolute atomic E-state index is 0.0733. The van der Waals surface area contributed by atoms with Crippen LogP contribution in [0.25, 0.3) is 27.7 Å². The van der Waals surface area contributed by atoms with Crippen molar-refractivity contribution in [2.24, 2.45) is 5.73 Å². The lowest BCUT2D eigenvalue weighted by atomic mass is 10.0. The van der Waals surface area contributed by atoms with Crippen molar-refractivity contribution in [3.8, 4) is 22.9 Å². The Morgan fingerprint density at radius 1 is 1.34 bits per heavy atom. The summed E-state index contributed by atoms with van der Waals surface area (Å²) < 4.78 is 11.4. The van der Waals surface area contributed by atoms with Crippen molar-refractivity contribution in [2.75, 3.05) is 13.2 Å². The van der Waals surface area contributed by atoms with Gasteiger partial charge < -0.3 is 25.6 Å². The van der Waals surface area contributed by atoms with Crippen molar-refractivity contribution >= 4 is 22.8 Å². The fourth-order valence-corrected chi connectivity index (χ4v) is 3.49. The van der Waals surface area contributed by atoms with Crippen LogP contribution in [0, 0.1) is 16.7 Å². The minimum atomic E-state index is 0.0733. The number of benzene rings is 1. The molecule has 0 aliphatic carbocycles. The molecule has 0 saturated carbocycles. The largest absolute Gasteiger partial charge is 0.489 e. The van der Waals surface area contributed by atoms with Crippen LogP contribution in [0.15, 0.2) is 42.9 Å². The highest BCUT2D eigenvalue weighted by Crippen LogP contribution is 2.33. The van der Waals surface area contributed by atoms with Gasteiger partial charge >= 0.3 is 0 Å². The molecule has 0 unspecified atom stereocenters. The second-order valence-electron chi connectivity index (χ2n) is 6.84. The van der Waals surface area contributed by atoms with E-state index in [0.29, 0.717) is 30.1 Å². The van der Waals surface area contributed by atoms with Gasteiger partial charge in [0.1, 0.15) is 23.6 Å². The number of nitrogens with one attached hydrogen (secondary N) is 2. The molecule has 0 atom stereocenters. The second-order valence-corrected chi connectivity index (χ2v) is 6.84. The Labute approximate surface area is 168 Å². The van der Waals surface area contributed by atoms with E-state index in [1.165, 1.54) is 12.4 Å². The summed E-state index contributed by atoms with van der Waals surface area (Å²) >= 11 is 0. The lowest BCUT2D eigenvalue weighted by Crippen LogP contribution is -2.26. The van der Waals surface area contributed by atoms with E-state index in [0.717, 1.165) is 40.6 Å². The van der Waals surface area contributed by atoms with Gasteiger partial charge in [0.2, 0.25) is 0 Å². The number of rotatable bonds is 5. The maximum atomic E-state index is 9.64. The number of H-pyrrole nitrogens is 1. The van der Waals surface area contributed by atoms with E-state index in [9.17, 15) is 5.26 Å². The molecule has 7 heteroatoms. The third-order valence-corrected chi connectivity index (χ3v) is 5.07. The zero-order valence-electron chi connectivity index (χ0n) is 15.8. The highest BCUT2D eigenvalue weighted by Gasteiger charge is 2.18. The van der Waals surface area contributed by atoms with Gasteiger partial charge in [0, 0.05) is 59.7 Å². The summed E-state index contributed by atoms with van der Waals surface area (Å²) in [6.45, 7) is 1.37. The summed E-state index contributed by atoms with van der Waals surface area (Å²) in [5.41, 5.74) is 9.99. The molecular weight excluding hydrogens is 366 g/mol. The second kappa shape index (κ2) is 8.17. The first-order valence-corrected chi connectivity index (χ1v) is 9.42. The van der Waals surface area contributed by atoms with Gasteiger partial charge in [-0.15, -0.1) is 0 Å². The van der Waals surface area contributed by atoms with Crippen LogP contribution < -0.4 is 10.5 Å². The van der Waals surface area contributed by atoms with Crippen molar-refractivity contribution in [3.05, 3.63) is 54.0 Å². The number of aromatic amines is 1. The quantitative estimate of drug-likeness (QED) is 0.578. The van der Waals surface area contributed by atoms with E-state index < -0.39 is 0 Å². The lowest BCUT2D eigenvalue weighted by molar-refractivity contribution is 0.0254. The lowest BCUT2D eigenvalue weighted by Gasteiger charge is -2.23. The molecule has 1 aliphatic heterocycles. The summed E-state index contributed by atoms with van der Waals surface area (Å²) in [5, 5.41) is 18.0. The number of aromatic nitrogens is 2. The molecule has 1 aromatic carbocycles. The maximum Gasteiger partial charge on any atom is 0.137 e. The topological polar surface area (TPSA) is 121 Å². The molecule has 29 heavy (non-hydrogen) atoms. The summed E-state index contributed by atoms with van der Waals surface area (Å²) in [7, 11) is 0. The van der Waals surface area contributed by atoms with Gasteiger partial charge in [0.05, 0.1) is 18.8 Å². The molecule has 3 aromatic rings. The predicted molar refractivity (Wildman–Crippen MR) is 112 cm³/mol. The van der Waals surface area contributed by atoms with Gasteiger partial charge in [-0.25, -0.2) is 4.98 Å². The SMILES string of the molecule is N#Cc1cc(-c2c[nH]c3ncc(/C(C=N)=C/N)cc23)ccc1OC1CCOCC1. The molecule has 146 valence electrons. The molecule has 0 bridgehead atoms. The van der Waals surface area contributed by atoms with Crippen LogP contribution in [0.4, 0.5) is 0 Å². The summed E-state index contributed by atoms with van der Waals surface area (Å²) in [6.07, 6.45) is 7.86. The highest BCUT2D eigenvalue weighted by atomic mass is 16.5. The first-order valence-electron chi connectivity index (χ1n) is 9.42. The van der Waals surface area contributed by atoms with Gasteiger partial charge in [0.25, 0.3) is 0 Å². The van der Waals surface area contributed by atoms with Crippen LogP contribution in [0.5, 0.6) is 5.75 Å². The molecule has 0 amide bonds. The maximum absolute atomic E-state index is 9.64. The van der Waals surface area contributed by atoms with Gasteiger partial charge in [-0.2, -0.15) is 5.26 Å². The highest BCUT2D eigenvalue weighted by molar-refractivity contribution is 6.09. The Bertz CT molecular complexity index is 1120. The molecule has 1 saturated heterocycles. The Hall–Kier alpha value is -3.63. The van der Waals surface area contributed by atoms with Crippen LogP contribution in [0.3, 0.4) is 0 Å². The van der Waals surface area contributed by atoms with Crippen molar-refractivity contribution in [1.82, 2.24) is 9.97 Å². The van der Waals surface area contributed by atoms with Crippen LogP contribution in [0.1, 0.15) is 24.0 Å². The number of fused-ring (bicyclic) bond motifs is 1. The van der Waals surface area contributed by atoms with E-state index >= 15 is 0 Å². The summed E-state index contributed by atoms with van der Waals surface area (Å²) in [6, 6.07) is 9.82. The molecule has 3 heterocycles. The van der Waals surface area contributed by atoms with E-state index in [-0.39, 0.29) is 6.10 Å². The first-order chi connectivity index (χ1) is 14.2. The number of nitrogens with two attached hydrogens (primary N) is 1. The number of pyridine rings is 1. The van der Waals surface area contributed by atoms with Crippen molar-refractivity contribution < 1.29 is 9.47 Å². The standard InChI is InChI=1S/C22H21N5O2/c23-9-15-7-14(1-2-21(15)29-18-3-5-28-6-4-18)20-13-27-22-19(20)8-16(12-26-22)17(10-24)11-25/h1-2,7-8,10-13,18,24H,3-6,25H2,(H,26,27)/b17-11+,24-10?. The molecule has 1 fully saturated rings. The number of nitriles is 1. The Morgan fingerprint density at radius 3 is 2.90 bits per heavy atom. The van der Waals surface area contributed by atoms with Gasteiger partial charge in [0.15, 0.2) is 0 Å². The summed E-state index contributed by atoms with van der Waals surface area (Å²) in [5.74, 6) is 0.596. The van der Waals surface area contributed by atoms with Crippen molar-refractivity contribution in [3.63, 3.8) is 0 Å².